The van der Waals surface area contributed by atoms with Crippen LogP contribution in [0, 0.1) is 17.8 Å². The lowest BCUT2D eigenvalue weighted by Gasteiger charge is -2.42. The number of allylic oxidation sites excluding steroid dienone is 6. The Hall–Kier alpha value is -5.56. The fourth-order valence-electron chi connectivity index (χ4n) is 7.91. The molecule has 0 radical (unpaired) electrons. The molecule has 226 valence electrons. The van der Waals surface area contributed by atoms with Crippen molar-refractivity contribution < 1.29 is 24.3 Å². The monoisotopic (exact) mass is 606 g/mol. The molecule has 2 amide bonds. The molecule has 0 saturated carbocycles. The van der Waals surface area contributed by atoms with Gasteiger partial charge in [-0.2, -0.15) is 0 Å². The Balaban J connectivity index is 1.20. The third-order valence-electron chi connectivity index (χ3n) is 10.00. The summed E-state index contributed by atoms with van der Waals surface area (Å²) in [7, 11) is 0. The summed E-state index contributed by atoms with van der Waals surface area (Å²) in [4.78, 5) is 56.8. The Morgan fingerprint density at radius 2 is 1.46 bits per heavy atom. The molecule has 7 heteroatoms. The van der Waals surface area contributed by atoms with Gasteiger partial charge in [0.2, 0.25) is 11.8 Å². The topological polar surface area (TPSA) is 104 Å². The van der Waals surface area contributed by atoms with Crippen molar-refractivity contribution in [1.29, 1.82) is 0 Å². The summed E-state index contributed by atoms with van der Waals surface area (Å²) in [6.07, 6.45) is 3.99. The maximum Gasteiger partial charge on any atom is 0.238 e. The van der Waals surface area contributed by atoms with E-state index in [1.54, 1.807) is 25.1 Å². The Morgan fingerprint density at radius 3 is 2.22 bits per heavy atom. The number of carbonyl (C=O) groups is 4. The average molecular weight is 607 g/mol. The normalized spacial score (nSPS) is 24.0. The molecule has 0 aromatic heterocycles. The molecule has 8 rings (SSSR count). The summed E-state index contributed by atoms with van der Waals surface area (Å²) in [5.41, 5.74) is 5.17. The fraction of sp³-hybridized carbons (Fsp3) is 0.179. The predicted molar refractivity (Wildman–Crippen MR) is 176 cm³/mol. The van der Waals surface area contributed by atoms with Gasteiger partial charge in [0.15, 0.2) is 11.6 Å². The molecule has 7 nitrogen and oxygen atoms in total. The first-order valence-electron chi connectivity index (χ1n) is 15.5. The molecule has 1 saturated heterocycles. The third kappa shape index (κ3) is 4.19. The van der Waals surface area contributed by atoms with Crippen molar-refractivity contribution in [2.45, 2.75) is 25.7 Å². The highest BCUT2D eigenvalue weighted by Crippen LogP contribution is 2.56. The van der Waals surface area contributed by atoms with Crippen LogP contribution in [0.5, 0.6) is 5.75 Å². The van der Waals surface area contributed by atoms with Crippen LogP contribution in [0.3, 0.4) is 0 Å². The minimum Gasteiger partial charge on any atom is -0.507 e. The fourth-order valence-corrected chi connectivity index (χ4v) is 7.91. The van der Waals surface area contributed by atoms with Gasteiger partial charge in [-0.15, -0.1) is 0 Å². The first-order valence-corrected chi connectivity index (χ1v) is 15.5. The van der Waals surface area contributed by atoms with Crippen LogP contribution in [0.25, 0.3) is 10.8 Å². The smallest absolute Gasteiger partial charge is 0.238 e. The molecule has 1 fully saturated rings. The van der Waals surface area contributed by atoms with Gasteiger partial charge in [-0.1, -0.05) is 60.2 Å². The van der Waals surface area contributed by atoms with E-state index in [9.17, 15) is 24.3 Å². The van der Waals surface area contributed by atoms with Crippen LogP contribution in [-0.2, 0) is 19.2 Å². The quantitative estimate of drug-likeness (QED) is 0.148. The predicted octanol–water partition coefficient (Wildman–Crippen LogP) is 6.92. The molecule has 4 unspecified atom stereocenters. The molecule has 4 aromatic carbocycles. The molecule has 0 spiro atoms. The molecule has 46 heavy (non-hydrogen) atoms. The molecule has 1 aliphatic heterocycles. The number of para-hydroxylation sites is 1. The number of nitrogens with one attached hydrogen (secondary N) is 1. The molecule has 3 aliphatic carbocycles. The van der Waals surface area contributed by atoms with Crippen LogP contribution in [0.4, 0.5) is 17.1 Å². The minimum atomic E-state index is -0.663. The summed E-state index contributed by atoms with van der Waals surface area (Å²) < 4.78 is 0. The second-order valence-corrected chi connectivity index (χ2v) is 12.5. The second kappa shape index (κ2) is 10.5. The number of rotatable bonds is 4. The lowest BCUT2D eigenvalue weighted by Crippen LogP contribution is -2.39. The van der Waals surface area contributed by atoms with Gasteiger partial charge in [-0.05, 0) is 85.2 Å². The molecular formula is C39H30N2O5. The Morgan fingerprint density at radius 1 is 0.761 bits per heavy atom. The van der Waals surface area contributed by atoms with E-state index in [0.29, 0.717) is 34.2 Å². The average Bonchev–Trinajstić information content (AvgIpc) is 3.33. The standard InChI is InChI=1S/C39H30N2O5/c1-21-19-33(43)31-20-30-28(34(36(31)37(21)44)27-17-18-32(42)26-10-6-5-9-25(26)27)15-16-29-35(30)39(46)41(38(29)45)24-13-11-23(12-14-24)40-22-7-3-2-4-8-22/h2-15,17-19,29-30,34-35,40,42H,16,20H2,1H3. The SMILES string of the molecule is CC1=CC(=O)C2=C(C1=O)C(c1ccc(O)c3ccccc13)C1=CCC3C(=O)N(c4ccc(Nc5ccccc5)cc4)C(=O)C3C1C2. The van der Waals surface area contributed by atoms with Crippen molar-refractivity contribution in [3.8, 4) is 5.75 Å². The third-order valence-corrected chi connectivity index (χ3v) is 10.00. The molecule has 1 heterocycles. The Kier molecular flexibility index (Phi) is 6.39. The summed E-state index contributed by atoms with van der Waals surface area (Å²) >= 11 is 0. The number of benzene rings is 4. The second-order valence-electron chi connectivity index (χ2n) is 12.5. The van der Waals surface area contributed by atoms with E-state index in [0.717, 1.165) is 27.9 Å². The number of carbonyl (C=O) groups excluding carboxylic acids is 4. The number of hydrogen-bond acceptors (Lipinski definition) is 6. The first kappa shape index (κ1) is 28.0. The Bertz CT molecular complexity index is 2090. The summed E-state index contributed by atoms with van der Waals surface area (Å²) in [6, 6.07) is 27.9. The number of phenols is 1. The van der Waals surface area contributed by atoms with Gasteiger partial charge < -0.3 is 10.4 Å². The van der Waals surface area contributed by atoms with E-state index >= 15 is 0 Å². The number of fused-ring (bicyclic) bond motifs is 4. The van der Waals surface area contributed by atoms with Gasteiger partial charge >= 0.3 is 0 Å². The highest BCUT2D eigenvalue weighted by molar-refractivity contribution is 6.25. The van der Waals surface area contributed by atoms with Crippen molar-refractivity contribution in [3.63, 3.8) is 0 Å². The van der Waals surface area contributed by atoms with E-state index in [4.69, 9.17) is 0 Å². The van der Waals surface area contributed by atoms with Gasteiger partial charge in [0.05, 0.1) is 17.5 Å². The number of anilines is 3. The molecule has 2 N–H and O–H groups in total. The maximum absolute atomic E-state index is 14.3. The molecule has 4 aliphatic rings. The van der Waals surface area contributed by atoms with E-state index in [2.05, 4.69) is 5.32 Å². The number of amides is 2. The van der Waals surface area contributed by atoms with Crippen LogP contribution >= 0.6 is 0 Å². The van der Waals surface area contributed by atoms with Crippen molar-refractivity contribution >= 4 is 51.2 Å². The summed E-state index contributed by atoms with van der Waals surface area (Å²) in [5.74, 6) is -3.05. The van der Waals surface area contributed by atoms with Crippen molar-refractivity contribution in [3.05, 3.63) is 131 Å². The van der Waals surface area contributed by atoms with Crippen LogP contribution in [0.2, 0.25) is 0 Å². The number of nitrogens with zero attached hydrogens (tertiary/aromatic N) is 1. The molecule has 4 atom stereocenters. The first-order chi connectivity index (χ1) is 22.3. The van der Waals surface area contributed by atoms with Crippen molar-refractivity contribution in [1.82, 2.24) is 0 Å². The van der Waals surface area contributed by atoms with Crippen LogP contribution < -0.4 is 10.2 Å². The van der Waals surface area contributed by atoms with Crippen LogP contribution in [0.15, 0.2) is 125 Å². The van der Waals surface area contributed by atoms with E-state index in [1.165, 1.54) is 11.0 Å². The van der Waals surface area contributed by atoms with Crippen molar-refractivity contribution in [2.24, 2.45) is 17.8 Å². The van der Waals surface area contributed by atoms with Gasteiger partial charge in [0.1, 0.15) is 5.75 Å². The number of Topliss-reactive ketones (excluding diaryl/α,β-unsaturated/α-hetero) is 1. The number of imide groups is 1. The lowest BCUT2D eigenvalue weighted by atomic mass is 9.59. The van der Waals surface area contributed by atoms with Crippen LogP contribution in [-0.4, -0.2) is 28.5 Å². The zero-order chi connectivity index (χ0) is 31.7. The molecule has 4 aromatic rings. The number of ketones is 2. The summed E-state index contributed by atoms with van der Waals surface area (Å²) in [5, 5.41) is 15.4. The van der Waals surface area contributed by atoms with Gasteiger partial charge in [-0.25, -0.2) is 0 Å². The van der Waals surface area contributed by atoms with Gasteiger partial charge in [-0.3, -0.25) is 24.1 Å². The summed E-state index contributed by atoms with van der Waals surface area (Å²) in [6.45, 7) is 1.66. The van der Waals surface area contributed by atoms with Crippen molar-refractivity contribution in [2.75, 3.05) is 10.2 Å². The van der Waals surface area contributed by atoms with Crippen LogP contribution in [0.1, 0.15) is 31.2 Å². The zero-order valence-electron chi connectivity index (χ0n) is 25.1. The Labute approximate surface area is 265 Å². The minimum absolute atomic E-state index is 0.123. The number of aromatic hydroxyl groups is 1. The number of hydrogen-bond donors (Lipinski definition) is 2. The zero-order valence-corrected chi connectivity index (χ0v) is 25.1. The highest BCUT2D eigenvalue weighted by atomic mass is 16.3. The maximum atomic E-state index is 14.3. The van der Waals surface area contributed by atoms with Gasteiger partial charge in [0, 0.05) is 39.4 Å². The van der Waals surface area contributed by atoms with E-state index in [-0.39, 0.29) is 35.6 Å². The van der Waals surface area contributed by atoms with Gasteiger partial charge in [0.25, 0.3) is 0 Å². The largest absolute Gasteiger partial charge is 0.507 e. The highest BCUT2D eigenvalue weighted by Gasteiger charge is 2.56. The van der Waals surface area contributed by atoms with E-state index in [1.807, 2.05) is 78.9 Å². The molecular weight excluding hydrogens is 576 g/mol. The number of phenolic OH excluding ortho intramolecular Hbond substituents is 1. The lowest BCUT2D eigenvalue weighted by molar-refractivity contribution is -0.123. The van der Waals surface area contributed by atoms with E-state index < -0.39 is 23.7 Å². The molecule has 0 bridgehead atoms.